The Labute approximate surface area is 155 Å². The van der Waals surface area contributed by atoms with Gasteiger partial charge in [-0.05, 0) is 17.2 Å². The topological polar surface area (TPSA) is 46.5 Å². The number of aromatic amines is 1. The van der Waals surface area contributed by atoms with E-state index in [0.29, 0.717) is 17.6 Å². The van der Waals surface area contributed by atoms with E-state index in [4.69, 9.17) is 23.8 Å². The zero-order valence-corrected chi connectivity index (χ0v) is 14.9. The van der Waals surface area contributed by atoms with Crippen molar-refractivity contribution in [2.24, 2.45) is 0 Å². The summed E-state index contributed by atoms with van der Waals surface area (Å²) in [5.41, 5.74) is 2.94. The summed E-state index contributed by atoms with van der Waals surface area (Å²) >= 11 is 11.7. The summed E-state index contributed by atoms with van der Waals surface area (Å²) in [5.74, 6) is 0.812. The predicted molar refractivity (Wildman–Crippen MR) is 103 cm³/mol. The maximum absolute atomic E-state index is 6.24. The van der Waals surface area contributed by atoms with Crippen LogP contribution >= 0.6 is 23.8 Å². The number of hydrogen-bond donors (Lipinski definition) is 1. The van der Waals surface area contributed by atoms with E-state index < -0.39 is 0 Å². The summed E-state index contributed by atoms with van der Waals surface area (Å²) in [4.78, 5) is 7.81. The van der Waals surface area contributed by atoms with E-state index in [1.807, 2.05) is 53.3 Å². The van der Waals surface area contributed by atoms with Gasteiger partial charge in [0.25, 0.3) is 0 Å². The van der Waals surface area contributed by atoms with Crippen molar-refractivity contribution < 1.29 is 0 Å². The van der Waals surface area contributed by atoms with Crippen LogP contribution in [0, 0.1) is 4.64 Å². The van der Waals surface area contributed by atoms with Crippen molar-refractivity contribution in [3.8, 4) is 0 Å². The quantitative estimate of drug-likeness (QED) is 0.528. The van der Waals surface area contributed by atoms with Gasteiger partial charge in [-0.25, -0.2) is 4.98 Å². The van der Waals surface area contributed by atoms with Gasteiger partial charge < -0.3 is 4.98 Å². The summed E-state index contributed by atoms with van der Waals surface area (Å²) in [6.07, 6.45) is 2.61. The first kappa shape index (κ1) is 16.0. The Balaban J connectivity index is 1.67. The molecule has 124 valence electrons. The number of nitrogens with one attached hydrogen (secondary N) is 1. The summed E-state index contributed by atoms with van der Waals surface area (Å²) in [6.45, 7) is 0.588. The van der Waals surface area contributed by atoms with Crippen LogP contribution in [-0.4, -0.2) is 19.7 Å². The molecule has 0 radical (unpaired) electrons. The second-order valence-corrected chi connectivity index (χ2v) is 6.63. The average molecular weight is 367 g/mol. The lowest BCUT2D eigenvalue weighted by Crippen LogP contribution is -2.01. The molecule has 2 heterocycles. The molecule has 2 aromatic heterocycles. The molecule has 4 rings (SSSR count). The van der Waals surface area contributed by atoms with Crippen molar-refractivity contribution in [1.29, 1.82) is 0 Å². The highest BCUT2D eigenvalue weighted by Crippen LogP contribution is 2.18. The van der Waals surface area contributed by atoms with Crippen LogP contribution in [0.15, 0.2) is 60.8 Å². The van der Waals surface area contributed by atoms with Gasteiger partial charge in [0.2, 0.25) is 0 Å². The minimum atomic E-state index is 0.560. The molecule has 0 saturated heterocycles. The molecule has 0 amide bonds. The maximum atomic E-state index is 6.24. The van der Waals surface area contributed by atoms with Crippen LogP contribution in [-0.2, 0) is 13.0 Å². The van der Waals surface area contributed by atoms with Crippen LogP contribution in [0.2, 0.25) is 5.02 Å². The SMILES string of the molecule is S=c1nc(Cc2ccccc2)[nH]c2nn(Cc3ccccc3Cl)cc12. The molecular weight excluding hydrogens is 352 g/mol. The molecule has 2 aromatic carbocycles. The first-order chi connectivity index (χ1) is 12.2. The van der Waals surface area contributed by atoms with Gasteiger partial charge in [0.15, 0.2) is 5.65 Å². The molecule has 0 aliphatic rings. The van der Waals surface area contributed by atoms with E-state index in [2.05, 4.69) is 27.2 Å². The minimum Gasteiger partial charge on any atom is -0.326 e. The highest BCUT2D eigenvalue weighted by atomic mass is 35.5. The number of benzene rings is 2. The largest absolute Gasteiger partial charge is 0.326 e. The number of H-pyrrole nitrogens is 1. The third-order valence-electron chi connectivity index (χ3n) is 4.00. The first-order valence-corrected chi connectivity index (χ1v) is 8.71. The Bertz CT molecular complexity index is 1090. The van der Waals surface area contributed by atoms with Gasteiger partial charge in [-0.1, -0.05) is 72.3 Å². The van der Waals surface area contributed by atoms with Crippen LogP contribution in [0.25, 0.3) is 11.0 Å². The Morgan fingerprint density at radius 1 is 1.04 bits per heavy atom. The van der Waals surface area contributed by atoms with E-state index in [-0.39, 0.29) is 0 Å². The second-order valence-electron chi connectivity index (χ2n) is 5.83. The smallest absolute Gasteiger partial charge is 0.163 e. The Morgan fingerprint density at radius 3 is 2.60 bits per heavy atom. The molecular formula is C19H15ClN4S. The monoisotopic (exact) mass is 366 g/mol. The normalized spacial score (nSPS) is 11.1. The lowest BCUT2D eigenvalue weighted by molar-refractivity contribution is 0.693. The first-order valence-electron chi connectivity index (χ1n) is 7.93. The summed E-state index contributed by atoms with van der Waals surface area (Å²) in [7, 11) is 0. The molecule has 4 nitrogen and oxygen atoms in total. The molecule has 4 aromatic rings. The predicted octanol–water partition coefficient (Wildman–Crippen LogP) is 4.78. The van der Waals surface area contributed by atoms with Crippen molar-refractivity contribution in [1.82, 2.24) is 19.7 Å². The van der Waals surface area contributed by atoms with Gasteiger partial charge in [-0.15, -0.1) is 0 Å². The molecule has 1 N–H and O–H groups in total. The highest BCUT2D eigenvalue weighted by Gasteiger charge is 2.08. The van der Waals surface area contributed by atoms with Crippen molar-refractivity contribution in [3.05, 3.63) is 87.4 Å². The van der Waals surface area contributed by atoms with Gasteiger partial charge in [0, 0.05) is 17.6 Å². The van der Waals surface area contributed by atoms with Crippen LogP contribution in [0.5, 0.6) is 0 Å². The van der Waals surface area contributed by atoms with E-state index in [0.717, 1.165) is 27.4 Å². The van der Waals surface area contributed by atoms with Gasteiger partial charge in [0.1, 0.15) is 10.5 Å². The zero-order chi connectivity index (χ0) is 17.2. The molecule has 0 aliphatic heterocycles. The summed E-state index contributed by atoms with van der Waals surface area (Å²) < 4.78 is 2.40. The fourth-order valence-electron chi connectivity index (χ4n) is 2.77. The maximum Gasteiger partial charge on any atom is 0.163 e. The Hall–Kier alpha value is -2.50. The number of nitrogens with zero attached hydrogens (tertiary/aromatic N) is 3. The Morgan fingerprint density at radius 2 is 1.80 bits per heavy atom. The standard InChI is InChI=1S/C19H15ClN4S/c20-16-9-5-4-8-14(16)11-24-12-15-18(23-24)21-17(22-19(15)25)10-13-6-2-1-3-7-13/h1-9,12H,10-11H2,(H,21,22,23,25). The lowest BCUT2D eigenvalue weighted by Gasteiger charge is -2.03. The van der Waals surface area contributed by atoms with E-state index in [1.165, 1.54) is 5.56 Å². The van der Waals surface area contributed by atoms with Crippen molar-refractivity contribution in [3.63, 3.8) is 0 Å². The molecule has 6 heteroatoms. The Kier molecular flexibility index (Phi) is 4.34. The molecule has 25 heavy (non-hydrogen) atoms. The number of aromatic nitrogens is 4. The number of halogens is 1. The number of hydrogen-bond acceptors (Lipinski definition) is 3. The fraction of sp³-hybridized carbons (Fsp3) is 0.105. The molecule has 0 aliphatic carbocycles. The highest BCUT2D eigenvalue weighted by molar-refractivity contribution is 7.71. The lowest BCUT2D eigenvalue weighted by atomic mass is 10.1. The molecule has 0 spiro atoms. The molecule has 0 atom stereocenters. The van der Waals surface area contributed by atoms with Crippen LogP contribution in [0.4, 0.5) is 0 Å². The van der Waals surface area contributed by atoms with Crippen LogP contribution in [0.1, 0.15) is 17.0 Å². The number of fused-ring (bicyclic) bond motifs is 1. The second kappa shape index (κ2) is 6.78. The zero-order valence-electron chi connectivity index (χ0n) is 13.3. The van der Waals surface area contributed by atoms with Gasteiger partial charge >= 0.3 is 0 Å². The molecule has 0 bridgehead atoms. The molecule has 0 unspecified atom stereocenters. The third kappa shape index (κ3) is 3.48. The average Bonchev–Trinajstić information content (AvgIpc) is 3.01. The van der Waals surface area contributed by atoms with Gasteiger partial charge in [-0.3, -0.25) is 4.68 Å². The molecule has 0 fully saturated rings. The van der Waals surface area contributed by atoms with Crippen molar-refractivity contribution >= 4 is 34.9 Å². The van der Waals surface area contributed by atoms with E-state index in [1.54, 1.807) is 0 Å². The number of rotatable bonds is 4. The summed E-state index contributed by atoms with van der Waals surface area (Å²) in [5, 5.41) is 6.18. The van der Waals surface area contributed by atoms with E-state index >= 15 is 0 Å². The van der Waals surface area contributed by atoms with Crippen LogP contribution in [0.3, 0.4) is 0 Å². The van der Waals surface area contributed by atoms with Crippen molar-refractivity contribution in [2.45, 2.75) is 13.0 Å². The van der Waals surface area contributed by atoms with Gasteiger partial charge in [0.05, 0.1) is 11.9 Å². The van der Waals surface area contributed by atoms with Gasteiger partial charge in [-0.2, -0.15) is 5.10 Å². The fourth-order valence-corrected chi connectivity index (χ4v) is 3.23. The van der Waals surface area contributed by atoms with Crippen molar-refractivity contribution in [2.75, 3.05) is 0 Å². The van der Waals surface area contributed by atoms with E-state index in [9.17, 15) is 0 Å². The molecule has 0 saturated carbocycles. The summed E-state index contributed by atoms with van der Waals surface area (Å²) in [6, 6.07) is 17.9. The third-order valence-corrected chi connectivity index (χ3v) is 4.68. The minimum absolute atomic E-state index is 0.560. The van der Waals surface area contributed by atoms with Crippen LogP contribution < -0.4 is 0 Å².